The number of alkyl halides is 2. The second-order valence-electron chi connectivity index (χ2n) is 10.9. The van der Waals surface area contributed by atoms with Gasteiger partial charge in [0.05, 0.1) is 24.0 Å². The number of benzene rings is 3. The van der Waals surface area contributed by atoms with Crippen LogP contribution in [0.2, 0.25) is 0 Å². The Morgan fingerprint density at radius 3 is 1.70 bits per heavy atom. The van der Waals surface area contributed by atoms with Crippen molar-refractivity contribution in [2.75, 3.05) is 18.5 Å². The molecule has 204 valence electrons. The molecule has 7 rings (SSSR count). The molecule has 0 unspecified atom stereocenters. The van der Waals surface area contributed by atoms with E-state index in [1.165, 1.54) is 0 Å². The van der Waals surface area contributed by atoms with Crippen molar-refractivity contribution in [3.63, 3.8) is 0 Å². The summed E-state index contributed by atoms with van der Waals surface area (Å²) in [5, 5.41) is 2.70. The first-order valence-corrected chi connectivity index (χ1v) is 13.8. The lowest BCUT2D eigenvalue weighted by Gasteiger charge is -2.54. The molecule has 0 saturated carbocycles. The number of ether oxygens (including phenoxy) is 1. The summed E-state index contributed by atoms with van der Waals surface area (Å²) in [6.45, 7) is 3.70. The molecule has 0 aromatic heterocycles. The summed E-state index contributed by atoms with van der Waals surface area (Å²) in [6.07, 6.45) is 0. The summed E-state index contributed by atoms with van der Waals surface area (Å²) in [7, 11) is 0. The zero-order chi connectivity index (χ0) is 28.4. The first kappa shape index (κ1) is 26.5. The van der Waals surface area contributed by atoms with Crippen LogP contribution in [0.5, 0.6) is 0 Å². The average molecular weight is 577 g/mol. The number of nitrogens with one attached hydrogen (secondary N) is 1. The maximum Gasteiger partial charge on any atom is 0.338 e. The van der Waals surface area contributed by atoms with E-state index in [0.717, 1.165) is 4.90 Å². The number of likely N-dealkylation sites (tertiary alicyclic amines) is 1. The maximum atomic E-state index is 13.9. The standard InChI is InChI=1S/C31H26Cl2N2O5/c1-17(2)16-40-29(39)18-11-13-19(14-12-18)34-24(36)15-35-27(37)25-26(28(35)38)31(33)21-8-4-3-7-20(21)30(25,32)22-9-5-6-10-23(22)31/h3-14,17,25-26H,15-16H2,1-2H3,(H,34,36)/t25-,26+,30?,31?. The number of rotatable bonds is 6. The fourth-order valence-electron chi connectivity index (χ4n) is 6.24. The van der Waals surface area contributed by atoms with Crippen molar-refractivity contribution >= 4 is 52.6 Å². The second kappa shape index (κ2) is 9.46. The van der Waals surface area contributed by atoms with Gasteiger partial charge in [0.15, 0.2) is 0 Å². The van der Waals surface area contributed by atoms with E-state index in [4.69, 9.17) is 27.9 Å². The van der Waals surface area contributed by atoms with E-state index in [0.29, 0.717) is 40.1 Å². The summed E-state index contributed by atoms with van der Waals surface area (Å²) in [4.78, 5) is 51.3. The van der Waals surface area contributed by atoms with Gasteiger partial charge in [0.2, 0.25) is 17.7 Å². The third-order valence-corrected chi connectivity index (χ3v) is 9.22. The summed E-state index contributed by atoms with van der Waals surface area (Å²) < 4.78 is 5.23. The van der Waals surface area contributed by atoms with Gasteiger partial charge in [-0.3, -0.25) is 19.3 Å². The Hall–Kier alpha value is -3.68. The molecule has 3 aromatic carbocycles. The molecule has 1 saturated heterocycles. The molecule has 7 nitrogen and oxygen atoms in total. The molecule has 2 atom stereocenters. The Balaban J connectivity index is 1.25. The van der Waals surface area contributed by atoms with Crippen LogP contribution in [0.25, 0.3) is 0 Å². The molecule has 1 N–H and O–H groups in total. The zero-order valence-corrected chi connectivity index (χ0v) is 23.3. The SMILES string of the molecule is CC(C)COC(=O)c1ccc(NC(=O)CN2C(=O)[C@@H]3[C@H](C2=O)C2(Cl)c4ccccc4C3(Cl)c3ccccc32)cc1. The largest absolute Gasteiger partial charge is 0.462 e. The van der Waals surface area contributed by atoms with Gasteiger partial charge in [0.1, 0.15) is 16.3 Å². The smallest absolute Gasteiger partial charge is 0.338 e. The molecule has 3 amide bonds. The van der Waals surface area contributed by atoms with Gasteiger partial charge in [-0.25, -0.2) is 4.79 Å². The molecule has 40 heavy (non-hydrogen) atoms. The molecule has 0 radical (unpaired) electrons. The molecule has 0 spiro atoms. The van der Waals surface area contributed by atoms with Crippen molar-refractivity contribution in [2.24, 2.45) is 17.8 Å². The van der Waals surface area contributed by atoms with Crippen LogP contribution in [-0.4, -0.2) is 41.7 Å². The maximum absolute atomic E-state index is 13.9. The van der Waals surface area contributed by atoms with E-state index in [-0.39, 0.29) is 5.92 Å². The lowest BCUT2D eigenvalue weighted by Crippen LogP contribution is -2.57. The Labute approximate surface area is 241 Å². The minimum Gasteiger partial charge on any atom is -0.462 e. The summed E-state index contributed by atoms with van der Waals surface area (Å²) in [5.41, 5.74) is 3.56. The van der Waals surface area contributed by atoms with Crippen molar-refractivity contribution in [3.8, 4) is 0 Å². The minimum atomic E-state index is -1.30. The highest BCUT2D eigenvalue weighted by molar-refractivity contribution is 6.36. The first-order valence-electron chi connectivity index (χ1n) is 13.1. The van der Waals surface area contributed by atoms with Gasteiger partial charge >= 0.3 is 5.97 Å². The van der Waals surface area contributed by atoms with E-state index >= 15 is 0 Å². The van der Waals surface area contributed by atoms with Gasteiger partial charge < -0.3 is 10.1 Å². The number of carbonyl (C=O) groups excluding carboxylic acids is 4. The number of nitrogens with zero attached hydrogens (tertiary/aromatic N) is 1. The highest BCUT2D eigenvalue weighted by Crippen LogP contribution is 2.69. The second-order valence-corrected chi connectivity index (χ2v) is 12.0. The monoisotopic (exact) mass is 576 g/mol. The highest BCUT2D eigenvalue weighted by atomic mass is 35.5. The summed E-state index contributed by atoms with van der Waals surface area (Å²) >= 11 is 14.8. The first-order chi connectivity index (χ1) is 19.1. The zero-order valence-electron chi connectivity index (χ0n) is 21.8. The number of halogens is 2. The van der Waals surface area contributed by atoms with E-state index in [1.807, 2.05) is 62.4 Å². The molecule has 1 aliphatic heterocycles. The van der Waals surface area contributed by atoms with Crippen LogP contribution in [0.1, 0.15) is 46.5 Å². The Morgan fingerprint density at radius 1 is 0.825 bits per heavy atom. The number of imide groups is 1. The number of hydrogen-bond acceptors (Lipinski definition) is 5. The van der Waals surface area contributed by atoms with Crippen molar-refractivity contribution in [1.29, 1.82) is 0 Å². The molecule has 3 aliphatic carbocycles. The van der Waals surface area contributed by atoms with E-state index in [1.54, 1.807) is 24.3 Å². The van der Waals surface area contributed by atoms with Gasteiger partial charge in [-0.15, -0.1) is 23.2 Å². The number of esters is 1. The van der Waals surface area contributed by atoms with Gasteiger partial charge in [0, 0.05) is 5.69 Å². The predicted octanol–water partition coefficient (Wildman–Crippen LogP) is 5.03. The topological polar surface area (TPSA) is 92.8 Å². The molecule has 9 heteroatoms. The third kappa shape index (κ3) is 3.71. The van der Waals surface area contributed by atoms with Gasteiger partial charge in [-0.2, -0.15) is 0 Å². The minimum absolute atomic E-state index is 0.211. The average Bonchev–Trinajstić information content (AvgIpc) is 3.21. The van der Waals surface area contributed by atoms with Crippen molar-refractivity contribution < 1.29 is 23.9 Å². The normalized spacial score (nSPS) is 25.9. The van der Waals surface area contributed by atoms with Crippen LogP contribution >= 0.6 is 23.2 Å². The molecular formula is C31H26Cl2N2O5. The number of carbonyl (C=O) groups is 4. The van der Waals surface area contributed by atoms with E-state index in [9.17, 15) is 19.2 Å². The Bertz CT molecular complexity index is 1450. The molecular weight excluding hydrogens is 551 g/mol. The molecule has 4 aliphatic rings. The molecule has 1 heterocycles. The molecule has 2 bridgehead atoms. The number of hydrogen-bond donors (Lipinski definition) is 1. The van der Waals surface area contributed by atoms with Gasteiger partial charge in [-0.1, -0.05) is 62.4 Å². The van der Waals surface area contributed by atoms with Crippen LogP contribution in [0.4, 0.5) is 5.69 Å². The molecule has 3 aromatic rings. The predicted molar refractivity (Wildman–Crippen MR) is 150 cm³/mol. The van der Waals surface area contributed by atoms with E-state index < -0.39 is 51.8 Å². The summed E-state index contributed by atoms with van der Waals surface area (Å²) in [6, 6.07) is 20.9. The van der Waals surface area contributed by atoms with Gasteiger partial charge in [-0.05, 0) is 52.4 Å². The highest BCUT2D eigenvalue weighted by Gasteiger charge is 2.73. The lowest BCUT2D eigenvalue weighted by atomic mass is 9.54. The van der Waals surface area contributed by atoms with Crippen LogP contribution in [0.3, 0.4) is 0 Å². The van der Waals surface area contributed by atoms with Crippen LogP contribution in [0, 0.1) is 17.8 Å². The van der Waals surface area contributed by atoms with Crippen LogP contribution in [-0.2, 0) is 28.9 Å². The number of anilines is 1. The summed E-state index contributed by atoms with van der Waals surface area (Å²) in [5.74, 6) is -3.80. The Morgan fingerprint density at radius 2 is 1.27 bits per heavy atom. The molecule has 1 fully saturated rings. The van der Waals surface area contributed by atoms with E-state index in [2.05, 4.69) is 5.32 Å². The third-order valence-electron chi connectivity index (χ3n) is 7.93. The van der Waals surface area contributed by atoms with Crippen LogP contribution in [0.15, 0.2) is 72.8 Å². The lowest BCUT2D eigenvalue weighted by molar-refractivity contribution is -0.142. The van der Waals surface area contributed by atoms with Crippen molar-refractivity contribution in [1.82, 2.24) is 4.90 Å². The number of amides is 3. The Kier molecular flexibility index (Phi) is 6.28. The fourth-order valence-corrected chi connectivity index (χ4v) is 7.34. The fraction of sp³-hybridized carbons (Fsp3) is 0.290. The van der Waals surface area contributed by atoms with Gasteiger partial charge in [0.25, 0.3) is 0 Å². The van der Waals surface area contributed by atoms with Crippen LogP contribution < -0.4 is 5.32 Å². The quantitative estimate of drug-likeness (QED) is 0.252. The van der Waals surface area contributed by atoms with Crippen molar-refractivity contribution in [3.05, 3.63) is 101 Å². The van der Waals surface area contributed by atoms with Crippen molar-refractivity contribution in [2.45, 2.75) is 23.6 Å².